The summed E-state index contributed by atoms with van der Waals surface area (Å²) >= 11 is 6.16. The van der Waals surface area contributed by atoms with Gasteiger partial charge in [-0.3, -0.25) is 4.79 Å². The lowest BCUT2D eigenvalue weighted by Crippen LogP contribution is -2.17. The molecule has 134 valence electrons. The first-order valence-corrected chi connectivity index (χ1v) is 7.86. The van der Waals surface area contributed by atoms with E-state index in [2.05, 4.69) is 10.3 Å². The maximum Gasteiger partial charge on any atom is 0.416 e. The smallest absolute Gasteiger partial charge is 0.416 e. The van der Waals surface area contributed by atoms with E-state index in [1.54, 1.807) is 12.1 Å². The van der Waals surface area contributed by atoms with Crippen LogP contribution in [-0.2, 0) is 17.4 Å². The Labute approximate surface area is 151 Å². The number of carbonyl (C=O) groups is 1. The number of alkyl halides is 3. The van der Waals surface area contributed by atoms with E-state index in [1.165, 1.54) is 36.9 Å². The van der Waals surface area contributed by atoms with Crippen molar-refractivity contribution in [3.05, 3.63) is 71.2 Å². The van der Waals surface area contributed by atoms with Gasteiger partial charge < -0.3 is 9.73 Å². The molecular formula is C18H12ClF3N2O2. The highest BCUT2D eigenvalue weighted by Gasteiger charge is 2.33. The number of carbonyl (C=O) groups excluding carboxylic acids is 1. The van der Waals surface area contributed by atoms with Crippen LogP contribution < -0.4 is 5.32 Å². The normalized spacial score (nSPS) is 11.4. The number of halogens is 4. The summed E-state index contributed by atoms with van der Waals surface area (Å²) < 4.78 is 44.1. The van der Waals surface area contributed by atoms with Crippen molar-refractivity contribution in [2.75, 3.05) is 5.32 Å². The van der Waals surface area contributed by atoms with Crippen LogP contribution in [0.15, 0.2) is 59.5 Å². The van der Waals surface area contributed by atoms with Gasteiger partial charge in [0, 0.05) is 11.3 Å². The van der Waals surface area contributed by atoms with Gasteiger partial charge >= 0.3 is 6.18 Å². The Morgan fingerprint density at radius 3 is 2.62 bits per heavy atom. The van der Waals surface area contributed by atoms with Crippen LogP contribution in [-0.4, -0.2) is 10.9 Å². The summed E-state index contributed by atoms with van der Waals surface area (Å²) in [6, 6.07) is 9.67. The lowest BCUT2D eigenvalue weighted by molar-refractivity contribution is -0.138. The molecule has 0 aliphatic heterocycles. The third kappa shape index (κ3) is 4.05. The van der Waals surface area contributed by atoms with Crippen molar-refractivity contribution in [2.45, 2.75) is 12.6 Å². The number of aromatic nitrogens is 1. The predicted octanol–water partition coefficient (Wildman–Crippen LogP) is 5.20. The summed E-state index contributed by atoms with van der Waals surface area (Å²) in [7, 11) is 0. The quantitative estimate of drug-likeness (QED) is 0.677. The molecule has 0 saturated heterocycles. The van der Waals surface area contributed by atoms with E-state index >= 15 is 0 Å². The highest BCUT2D eigenvalue weighted by Crippen LogP contribution is 2.33. The van der Waals surface area contributed by atoms with E-state index in [4.69, 9.17) is 16.0 Å². The molecule has 26 heavy (non-hydrogen) atoms. The number of hydrogen-bond acceptors (Lipinski definition) is 3. The Hall–Kier alpha value is -2.80. The van der Waals surface area contributed by atoms with Crippen LogP contribution in [0.25, 0.3) is 11.3 Å². The van der Waals surface area contributed by atoms with E-state index in [-0.39, 0.29) is 5.56 Å². The summed E-state index contributed by atoms with van der Waals surface area (Å²) in [5.74, 6) is -0.114. The minimum atomic E-state index is -4.51. The van der Waals surface area contributed by atoms with Crippen LogP contribution in [0.4, 0.5) is 18.9 Å². The largest absolute Gasteiger partial charge is 0.443 e. The summed E-state index contributed by atoms with van der Waals surface area (Å²) in [5.41, 5.74) is 0.0352. The molecule has 0 aliphatic rings. The molecule has 1 heterocycles. The number of oxazole rings is 1. The third-order valence-electron chi connectivity index (χ3n) is 3.62. The molecule has 3 rings (SSSR count). The van der Waals surface area contributed by atoms with Crippen LogP contribution in [0.2, 0.25) is 5.02 Å². The predicted molar refractivity (Wildman–Crippen MR) is 90.7 cm³/mol. The molecule has 0 bridgehead atoms. The molecule has 0 fully saturated rings. The topological polar surface area (TPSA) is 55.1 Å². The number of nitrogens with zero attached hydrogens (tertiary/aromatic N) is 1. The van der Waals surface area contributed by atoms with Crippen LogP contribution >= 0.6 is 11.6 Å². The molecule has 0 radical (unpaired) electrons. The van der Waals surface area contributed by atoms with Crippen molar-refractivity contribution in [2.24, 2.45) is 0 Å². The van der Waals surface area contributed by atoms with Crippen LogP contribution in [0, 0.1) is 0 Å². The Kier molecular flexibility index (Phi) is 4.99. The van der Waals surface area contributed by atoms with Crippen molar-refractivity contribution in [3.8, 4) is 11.3 Å². The summed E-state index contributed by atoms with van der Waals surface area (Å²) in [4.78, 5) is 15.9. The minimum absolute atomic E-state index is 0.0955. The molecule has 8 heteroatoms. The Morgan fingerprint density at radius 2 is 1.96 bits per heavy atom. The average molecular weight is 381 g/mol. The fourth-order valence-corrected chi connectivity index (χ4v) is 2.74. The fourth-order valence-electron chi connectivity index (χ4n) is 2.47. The van der Waals surface area contributed by atoms with Crippen LogP contribution in [0.3, 0.4) is 0 Å². The first kappa shape index (κ1) is 18.0. The molecule has 0 unspecified atom stereocenters. The van der Waals surface area contributed by atoms with E-state index in [0.717, 1.165) is 6.07 Å². The fraction of sp³-hybridized carbons (Fsp3) is 0.111. The standard InChI is InChI=1S/C18H12ClF3N2O2/c19-15-8-12(5-6-13(15)16-9-23-10-26-16)24-17(25)7-11-3-1-2-4-14(11)18(20,21)22/h1-6,8-10H,7H2,(H,24,25). The third-order valence-corrected chi connectivity index (χ3v) is 3.94. The summed E-state index contributed by atoms with van der Waals surface area (Å²) in [6.07, 6.45) is -2.16. The second-order valence-corrected chi connectivity index (χ2v) is 5.85. The van der Waals surface area contributed by atoms with Gasteiger partial charge in [0.15, 0.2) is 12.2 Å². The van der Waals surface area contributed by atoms with E-state index < -0.39 is 24.1 Å². The molecule has 1 N–H and O–H groups in total. The molecule has 4 nitrogen and oxygen atoms in total. The van der Waals surface area contributed by atoms with E-state index in [0.29, 0.717) is 22.0 Å². The van der Waals surface area contributed by atoms with Crippen molar-refractivity contribution in [1.82, 2.24) is 4.98 Å². The zero-order valence-electron chi connectivity index (χ0n) is 13.2. The number of nitrogens with one attached hydrogen (secondary N) is 1. The maximum atomic E-state index is 13.0. The van der Waals surface area contributed by atoms with Gasteiger partial charge in [-0.15, -0.1) is 0 Å². The maximum absolute atomic E-state index is 13.0. The van der Waals surface area contributed by atoms with Crippen LogP contribution in [0.1, 0.15) is 11.1 Å². The Balaban J connectivity index is 1.74. The SMILES string of the molecule is O=C(Cc1ccccc1C(F)(F)F)Nc1ccc(-c2cnco2)c(Cl)c1. The minimum Gasteiger partial charge on any atom is -0.443 e. The average Bonchev–Trinajstić information content (AvgIpc) is 3.08. The van der Waals surface area contributed by atoms with Crippen molar-refractivity contribution in [3.63, 3.8) is 0 Å². The van der Waals surface area contributed by atoms with Gasteiger partial charge in [-0.25, -0.2) is 4.98 Å². The number of amides is 1. The lowest BCUT2D eigenvalue weighted by atomic mass is 10.0. The molecule has 0 spiro atoms. The zero-order chi connectivity index (χ0) is 18.7. The van der Waals surface area contributed by atoms with E-state index in [9.17, 15) is 18.0 Å². The van der Waals surface area contributed by atoms with Gasteiger partial charge in [-0.05, 0) is 29.8 Å². The number of hydrogen-bond donors (Lipinski definition) is 1. The Bertz CT molecular complexity index is 924. The molecular weight excluding hydrogens is 369 g/mol. The number of anilines is 1. The molecule has 1 aromatic heterocycles. The van der Waals surface area contributed by atoms with Gasteiger partial charge in [0.05, 0.1) is 23.2 Å². The zero-order valence-corrected chi connectivity index (χ0v) is 13.9. The van der Waals surface area contributed by atoms with Crippen LogP contribution in [0.5, 0.6) is 0 Å². The first-order chi connectivity index (χ1) is 12.3. The van der Waals surface area contributed by atoms with Gasteiger partial charge in [-0.1, -0.05) is 29.8 Å². The summed E-state index contributed by atoms with van der Waals surface area (Å²) in [6.45, 7) is 0. The highest BCUT2D eigenvalue weighted by atomic mass is 35.5. The second-order valence-electron chi connectivity index (χ2n) is 5.44. The summed E-state index contributed by atoms with van der Waals surface area (Å²) in [5, 5.41) is 2.86. The molecule has 0 aliphatic carbocycles. The number of benzene rings is 2. The van der Waals surface area contributed by atoms with Gasteiger partial charge in [0.2, 0.25) is 5.91 Å². The monoisotopic (exact) mass is 380 g/mol. The highest BCUT2D eigenvalue weighted by molar-refractivity contribution is 6.33. The molecule has 1 amide bonds. The Morgan fingerprint density at radius 1 is 1.19 bits per heavy atom. The van der Waals surface area contributed by atoms with Crippen molar-refractivity contribution < 1.29 is 22.4 Å². The molecule has 0 atom stereocenters. The van der Waals surface area contributed by atoms with E-state index in [1.807, 2.05) is 0 Å². The van der Waals surface area contributed by atoms with Gasteiger partial charge in [0.1, 0.15) is 0 Å². The molecule has 3 aromatic rings. The van der Waals surface area contributed by atoms with Gasteiger partial charge in [0.25, 0.3) is 0 Å². The van der Waals surface area contributed by atoms with Crippen molar-refractivity contribution in [1.29, 1.82) is 0 Å². The lowest BCUT2D eigenvalue weighted by Gasteiger charge is -2.13. The second kappa shape index (κ2) is 7.21. The molecule has 2 aromatic carbocycles. The number of rotatable bonds is 4. The van der Waals surface area contributed by atoms with Gasteiger partial charge in [-0.2, -0.15) is 13.2 Å². The van der Waals surface area contributed by atoms with Crippen molar-refractivity contribution >= 4 is 23.2 Å². The molecule has 0 saturated carbocycles. The first-order valence-electron chi connectivity index (χ1n) is 7.48.